The summed E-state index contributed by atoms with van der Waals surface area (Å²) >= 11 is 5.95. The van der Waals surface area contributed by atoms with Crippen LogP contribution in [0.2, 0.25) is 5.02 Å². The maximum atomic E-state index is 12.0. The summed E-state index contributed by atoms with van der Waals surface area (Å²) in [4.78, 5) is 0. The normalized spacial score (nSPS) is 13.8. The molecule has 0 radical (unpaired) electrons. The average molecular weight is 269 g/mol. The standard InChI is InChI=1S/C11H12ClF3S/c1-8(16-11(13,14)15)6-7-9-4-2-3-5-10(9)12/h2-5,8H,6-7H2,1H3. The number of hydrogen-bond donors (Lipinski definition) is 0. The van der Waals surface area contributed by atoms with Crippen molar-refractivity contribution in [3.05, 3.63) is 34.9 Å². The molecule has 1 unspecified atom stereocenters. The van der Waals surface area contributed by atoms with E-state index >= 15 is 0 Å². The Kier molecular flexibility index (Phi) is 4.99. The van der Waals surface area contributed by atoms with E-state index in [1.165, 1.54) is 0 Å². The van der Waals surface area contributed by atoms with Crippen LogP contribution >= 0.6 is 23.4 Å². The molecule has 0 aliphatic carbocycles. The van der Waals surface area contributed by atoms with Crippen LogP contribution in [0.5, 0.6) is 0 Å². The molecular weight excluding hydrogens is 257 g/mol. The van der Waals surface area contributed by atoms with Crippen molar-refractivity contribution in [2.45, 2.75) is 30.5 Å². The Labute approximate surface area is 102 Å². The highest BCUT2D eigenvalue weighted by Gasteiger charge is 2.30. The fourth-order valence-corrected chi connectivity index (χ4v) is 2.27. The van der Waals surface area contributed by atoms with E-state index in [0.717, 1.165) is 5.56 Å². The first-order chi connectivity index (χ1) is 7.38. The van der Waals surface area contributed by atoms with E-state index in [2.05, 4.69) is 0 Å². The molecule has 16 heavy (non-hydrogen) atoms. The summed E-state index contributed by atoms with van der Waals surface area (Å²) in [6.07, 6.45) is 1.04. The van der Waals surface area contributed by atoms with Gasteiger partial charge in [-0.3, -0.25) is 0 Å². The summed E-state index contributed by atoms with van der Waals surface area (Å²) < 4.78 is 36.1. The molecule has 1 rings (SSSR count). The number of alkyl halides is 3. The van der Waals surface area contributed by atoms with Crippen molar-refractivity contribution in [1.82, 2.24) is 0 Å². The zero-order valence-corrected chi connectivity index (χ0v) is 10.3. The first-order valence-corrected chi connectivity index (χ1v) is 6.12. The third-order valence-corrected chi connectivity index (χ3v) is 3.39. The summed E-state index contributed by atoms with van der Waals surface area (Å²) in [7, 11) is 0. The molecule has 1 aromatic rings. The molecule has 0 N–H and O–H groups in total. The molecule has 0 aliphatic heterocycles. The Morgan fingerprint density at radius 2 is 1.94 bits per heavy atom. The molecule has 0 saturated carbocycles. The molecule has 0 fully saturated rings. The van der Waals surface area contributed by atoms with Crippen molar-refractivity contribution in [3.8, 4) is 0 Å². The molecule has 0 spiro atoms. The van der Waals surface area contributed by atoms with Gasteiger partial charge in [0.15, 0.2) is 0 Å². The lowest BCUT2D eigenvalue weighted by Gasteiger charge is -2.13. The van der Waals surface area contributed by atoms with Crippen LogP contribution in [0.1, 0.15) is 18.9 Å². The van der Waals surface area contributed by atoms with Gasteiger partial charge in [-0.2, -0.15) is 13.2 Å². The lowest BCUT2D eigenvalue weighted by molar-refractivity contribution is -0.0333. The highest BCUT2D eigenvalue weighted by Crippen LogP contribution is 2.35. The summed E-state index contributed by atoms with van der Waals surface area (Å²) in [5.74, 6) is 0. The van der Waals surface area contributed by atoms with E-state index in [0.29, 0.717) is 17.9 Å². The van der Waals surface area contributed by atoms with Crippen LogP contribution in [-0.4, -0.2) is 10.8 Å². The van der Waals surface area contributed by atoms with Gasteiger partial charge in [0, 0.05) is 10.3 Å². The number of hydrogen-bond acceptors (Lipinski definition) is 1. The second-order valence-electron chi connectivity index (χ2n) is 3.50. The van der Waals surface area contributed by atoms with E-state index in [1.807, 2.05) is 12.1 Å². The van der Waals surface area contributed by atoms with E-state index in [9.17, 15) is 13.2 Å². The van der Waals surface area contributed by atoms with Gasteiger partial charge in [0.2, 0.25) is 0 Å². The summed E-state index contributed by atoms with van der Waals surface area (Å²) in [5.41, 5.74) is -3.25. The minimum atomic E-state index is -4.15. The zero-order chi connectivity index (χ0) is 12.2. The van der Waals surface area contributed by atoms with E-state index < -0.39 is 10.8 Å². The highest BCUT2D eigenvalue weighted by atomic mass is 35.5. The molecule has 0 aromatic heterocycles. The van der Waals surface area contributed by atoms with Crippen molar-refractivity contribution in [2.75, 3.05) is 0 Å². The predicted molar refractivity (Wildman–Crippen MR) is 62.9 cm³/mol. The quantitative estimate of drug-likeness (QED) is 0.747. The van der Waals surface area contributed by atoms with Crippen molar-refractivity contribution < 1.29 is 13.2 Å². The van der Waals surface area contributed by atoms with Crippen LogP contribution in [0, 0.1) is 0 Å². The smallest absolute Gasteiger partial charge is 0.160 e. The lowest BCUT2D eigenvalue weighted by Crippen LogP contribution is -2.09. The SMILES string of the molecule is CC(CCc1ccccc1Cl)SC(F)(F)F. The van der Waals surface area contributed by atoms with Crippen molar-refractivity contribution in [3.63, 3.8) is 0 Å². The van der Waals surface area contributed by atoms with Gasteiger partial charge in [-0.15, -0.1) is 0 Å². The third kappa shape index (κ3) is 5.12. The second-order valence-corrected chi connectivity index (χ2v) is 5.41. The fourth-order valence-electron chi connectivity index (χ4n) is 1.35. The van der Waals surface area contributed by atoms with Crippen LogP contribution in [-0.2, 0) is 6.42 Å². The summed E-state index contributed by atoms with van der Waals surface area (Å²) in [6, 6.07) is 7.23. The topological polar surface area (TPSA) is 0 Å². The van der Waals surface area contributed by atoms with Crippen molar-refractivity contribution >= 4 is 23.4 Å². The number of halogens is 4. The molecule has 0 aliphatic rings. The Bertz CT molecular complexity index is 338. The van der Waals surface area contributed by atoms with Gasteiger partial charge in [-0.05, 0) is 36.2 Å². The maximum absolute atomic E-state index is 12.0. The van der Waals surface area contributed by atoms with Crippen LogP contribution in [0.25, 0.3) is 0 Å². The molecule has 0 amide bonds. The maximum Gasteiger partial charge on any atom is 0.442 e. The molecule has 1 aromatic carbocycles. The average Bonchev–Trinajstić information content (AvgIpc) is 2.14. The predicted octanol–water partition coefficient (Wildman–Crippen LogP) is 4.91. The van der Waals surface area contributed by atoms with Crippen LogP contribution in [0.15, 0.2) is 24.3 Å². The molecule has 5 heteroatoms. The molecular formula is C11H12ClF3S. The fraction of sp³-hybridized carbons (Fsp3) is 0.455. The number of thioether (sulfide) groups is 1. The molecule has 1 atom stereocenters. The van der Waals surface area contributed by atoms with Gasteiger partial charge in [0.1, 0.15) is 0 Å². The molecule has 0 heterocycles. The number of rotatable bonds is 4. The van der Waals surface area contributed by atoms with Crippen LogP contribution in [0.4, 0.5) is 13.2 Å². The van der Waals surface area contributed by atoms with Gasteiger partial charge in [0.05, 0.1) is 0 Å². The summed E-state index contributed by atoms with van der Waals surface area (Å²) in [6.45, 7) is 1.58. The zero-order valence-electron chi connectivity index (χ0n) is 8.72. The first-order valence-electron chi connectivity index (χ1n) is 4.86. The van der Waals surface area contributed by atoms with Gasteiger partial charge in [-0.1, -0.05) is 36.7 Å². The Morgan fingerprint density at radius 1 is 1.31 bits per heavy atom. The molecule has 0 saturated heterocycles. The Morgan fingerprint density at radius 3 is 2.50 bits per heavy atom. The Balaban J connectivity index is 2.43. The van der Waals surface area contributed by atoms with Gasteiger partial charge >= 0.3 is 5.51 Å². The van der Waals surface area contributed by atoms with E-state index in [1.54, 1.807) is 19.1 Å². The molecule has 0 bridgehead atoms. The van der Waals surface area contributed by atoms with Crippen LogP contribution in [0.3, 0.4) is 0 Å². The van der Waals surface area contributed by atoms with Crippen molar-refractivity contribution in [2.24, 2.45) is 0 Å². The summed E-state index contributed by atoms with van der Waals surface area (Å²) in [5, 5.41) is 0.169. The van der Waals surface area contributed by atoms with Gasteiger partial charge in [-0.25, -0.2) is 0 Å². The van der Waals surface area contributed by atoms with E-state index in [4.69, 9.17) is 11.6 Å². The first kappa shape index (κ1) is 13.7. The highest BCUT2D eigenvalue weighted by molar-refractivity contribution is 8.00. The monoisotopic (exact) mass is 268 g/mol. The lowest BCUT2D eigenvalue weighted by atomic mass is 10.1. The second kappa shape index (κ2) is 5.82. The molecule has 0 nitrogen and oxygen atoms in total. The third-order valence-electron chi connectivity index (χ3n) is 2.11. The minimum Gasteiger partial charge on any atom is -0.160 e. The number of benzene rings is 1. The van der Waals surface area contributed by atoms with Gasteiger partial charge < -0.3 is 0 Å². The number of aryl methyl sites for hydroxylation is 1. The minimum absolute atomic E-state index is 0.0387. The van der Waals surface area contributed by atoms with Gasteiger partial charge in [0.25, 0.3) is 0 Å². The van der Waals surface area contributed by atoms with Crippen molar-refractivity contribution in [1.29, 1.82) is 0 Å². The largest absolute Gasteiger partial charge is 0.442 e. The Hall–Kier alpha value is -0.350. The molecule has 90 valence electrons. The van der Waals surface area contributed by atoms with E-state index in [-0.39, 0.29) is 11.8 Å². The van der Waals surface area contributed by atoms with Crippen LogP contribution < -0.4 is 0 Å².